The first-order valence-corrected chi connectivity index (χ1v) is 4.97. The van der Waals surface area contributed by atoms with Gasteiger partial charge in [-0.1, -0.05) is 6.42 Å². The van der Waals surface area contributed by atoms with Crippen LogP contribution in [-0.4, -0.2) is 0 Å². The van der Waals surface area contributed by atoms with Crippen molar-refractivity contribution in [2.75, 3.05) is 0 Å². The van der Waals surface area contributed by atoms with Crippen molar-refractivity contribution in [3.05, 3.63) is 0 Å². The van der Waals surface area contributed by atoms with E-state index >= 15 is 0 Å². The van der Waals surface area contributed by atoms with Gasteiger partial charge in [0.25, 0.3) is 0 Å². The van der Waals surface area contributed by atoms with E-state index in [9.17, 15) is 0 Å². The Morgan fingerprint density at radius 3 is 1.90 bits per heavy atom. The molecule has 0 heterocycles. The number of hydrogen-bond donors (Lipinski definition) is 0. The highest BCUT2D eigenvalue weighted by Gasteiger charge is 2.73. The molecule has 5 aliphatic carbocycles. The molecular weight excluding hydrogens is 120 g/mol. The average Bonchev–Trinajstić information content (AvgIpc) is 2.32. The van der Waals surface area contributed by atoms with E-state index < -0.39 is 0 Å². The summed E-state index contributed by atoms with van der Waals surface area (Å²) in [6.45, 7) is 0. The fraction of sp³-hybridized carbons (Fsp3) is 1.00. The molecule has 0 aliphatic heterocycles. The Balaban J connectivity index is 1.89. The van der Waals surface area contributed by atoms with Gasteiger partial charge in [0.15, 0.2) is 0 Å². The van der Waals surface area contributed by atoms with Crippen molar-refractivity contribution in [1.29, 1.82) is 0 Å². The summed E-state index contributed by atoms with van der Waals surface area (Å²) in [5.74, 6) is 7.55. The average molecular weight is 134 g/mol. The van der Waals surface area contributed by atoms with Gasteiger partial charge in [-0.15, -0.1) is 0 Å². The van der Waals surface area contributed by atoms with Gasteiger partial charge in [0.1, 0.15) is 0 Å². The lowest BCUT2D eigenvalue weighted by Gasteiger charge is -2.25. The van der Waals surface area contributed by atoms with Crippen LogP contribution in [0.1, 0.15) is 25.7 Å². The molecule has 0 N–H and O–H groups in total. The highest BCUT2D eigenvalue weighted by Crippen LogP contribution is 2.79. The maximum Gasteiger partial charge on any atom is -0.0318 e. The maximum atomic E-state index is 1.66. The van der Waals surface area contributed by atoms with E-state index in [-0.39, 0.29) is 0 Å². The van der Waals surface area contributed by atoms with Crippen LogP contribution in [0.2, 0.25) is 0 Å². The third-order valence-corrected chi connectivity index (χ3v) is 5.00. The molecule has 0 radical (unpaired) electrons. The van der Waals surface area contributed by atoms with Gasteiger partial charge in [-0.2, -0.15) is 0 Å². The van der Waals surface area contributed by atoms with Crippen LogP contribution in [0.4, 0.5) is 0 Å². The third-order valence-electron chi connectivity index (χ3n) is 5.00. The van der Waals surface area contributed by atoms with Crippen LogP contribution >= 0.6 is 0 Å². The zero-order valence-electron chi connectivity index (χ0n) is 6.29. The molecule has 5 aliphatic rings. The van der Waals surface area contributed by atoms with Crippen molar-refractivity contribution in [3.8, 4) is 0 Å². The summed E-state index contributed by atoms with van der Waals surface area (Å²) in [6.07, 6.45) is 6.45. The molecule has 6 atom stereocenters. The van der Waals surface area contributed by atoms with Crippen molar-refractivity contribution in [2.45, 2.75) is 25.7 Å². The second-order valence-electron chi connectivity index (χ2n) is 4.98. The van der Waals surface area contributed by atoms with Crippen LogP contribution < -0.4 is 0 Å². The summed E-state index contributed by atoms with van der Waals surface area (Å²) in [5, 5.41) is 0. The van der Waals surface area contributed by atoms with Crippen LogP contribution in [0.3, 0.4) is 0 Å². The largest absolute Gasteiger partial charge is 0.0527 e. The van der Waals surface area contributed by atoms with Gasteiger partial charge < -0.3 is 0 Å². The lowest BCUT2D eigenvalue weighted by molar-refractivity contribution is 0.243. The van der Waals surface area contributed by atoms with E-state index in [1.807, 2.05) is 0 Å². The minimum absolute atomic E-state index is 1.24. The molecule has 0 amide bonds. The monoisotopic (exact) mass is 134 g/mol. The van der Waals surface area contributed by atoms with Crippen LogP contribution in [0.15, 0.2) is 0 Å². The van der Waals surface area contributed by atoms with E-state index in [1.165, 1.54) is 35.5 Å². The molecule has 0 aromatic rings. The zero-order chi connectivity index (χ0) is 6.29. The summed E-state index contributed by atoms with van der Waals surface area (Å²) in [6, 6.07) is 0. The fourth-order valence-electron chi connectivity index (χ4n) is 4.90. The molecule has 0 aromatic heterocycles. The predicted octanol–water partition coefficient (Wildman–Crippen LogP) is 2.30. The molecule has 0 heteroatoms. The van der Waals surface area contributed by atoms with Gasteiger partial charge in [0.05, 0.1) is 0 Å². The Labute approximate surface area is 62.0 Å². The minimum Gasteiger partial charge on any atom is -0.0527 e. The first-order chi connectivity index (χ1) is 4.97. The Bertz CT molecular complexity index is 178. The van der Waals surface area contributed by atoms with E-state index in [0.29, 0.717) is 0 Å². The molecule has 5 fully saturated rings. The van der Waals surface area contributed by atoms with Crippen molar-refractivity contribution < 1.29 is 0 Å². The van der Waals surface area contributed by atoms with Gasteiger partial charge in [-0.05, 0) is 54.8 Å². The quantitative estimate of drug-likeness (QED) is 0.477. The molecule has 0 spiro atoms. The smallest absolute Gasteiger partial charge is 0.0318 e. The Morgan fingerprint density at radius 2 is 1.40 bits per heavy atom. The summed E-state index contributed by atoms with van der Waals surface area (Å²) in [4.78, 5) is 0. The highest BCUT2D eigenvalue weighted by atomic mass is 14.8. The topological polar surface area (TPSA) is 0 Å². The molecule has 5 rings (SSSR count). The second kappa shape index (κ2) is 1.19. The van der Waals surface area contributed by atoms with Gasteiger partial charge in [-0.3, -0.25) is 0 Å². The number of rotatable bonds is 0. The molecule has 0 aromatic carbocycles. The second-order valence-corrected chi connectivity index (χ2v) is 4.98. The Hall–Kier alpha value is 0. The van der Waals surface area contributed by atoms with E-state index in [2.05, 4.69) is 0 Å². The van der Waals surface area contributed by atoms with Crippen molar-refractivity contribution in [2.24, 2.45) is 35.5 Å². The fourth-order valence-corrected chi connectivity index (χ4v) is 4.90. The van der Waals surface area contributed by atoms with Crippen molar-refractivity contribution >= 4 is 0 Å². The molecular formula is C10H14. The van der Waals surface area contributed by atoms with Gasteiger partial charge in [0, 0.05) is 0 Å². The van der Waals surface area contributed by atoms with E-state index in [0.717, 1.165) is 0 Å². The van der Waals surface area contributed by atoms with Gasteiger partial charge in [0.2, 0.25) is 0 Å². The Kier molecular flexibility index (Phi) is 0.570. The van der Waals surface area contributed by atoms with Crippen LogP contribution in [0, 0.1) is 35.5 Å². The summed E-state index contributed by atoms with van der Waals surface area (Å²) in [5.41, 5.74) is 0. The summed E-state index contributed by atoms with van der Waals surface area (Å²) < 4.78 is 0. The third kappa shape index (κ3) is 0.302. The lowest BCUT2D eigenvalue weighted by atomic mass is 9.80. The predicted molar refractivity (Wildman–Crippen MR) is 39.4 cm³/mol. The molecule has 4 unspecified atom stereocenters. The van der Waals surface area contributed by atoms with Crippen molar-refractivity contribution in [3.63, 3.8) is 0 Å². The highest BCUT2D eigenvalue weighted by molar-refractivity contribution is 5.21. The van der Waals surface area contributed by atoms with Crippen LogP contribution in [-0.2, 0) is 0 Å². The van der Waals surface area contributed by atoms with Crippen LogP contribution in [0.25, 0.3) is 0 Å². The first kappa shape index (κ1) is 4.79. The number of hydrogen-bond acceptors (Lipinski definition) is 0. The maximum absolute atomic E-state index is 1.66. The molecule has 54 valence electrons. The van der Waals surface area contributed by atoms with E-state index in [4.69, 9.17) is 0 Å². The normalized spacial score (nSPS) is 74.4. The lowest BCUT2D eigenvalue weighted by Crippen LogP contribution is -2.17. The minimum atomic E-state index is 1.24. The van der Waals surface area contributed by atoms with Crippen LogP contribution in [0.5, 0.6) is 0 Å². The Morgan fingerprint density at radius 1 is 0.700 bits per heavy atom. The van der Waals surface area contributed by atoms with Crippen molar-refractivity contribution in [1.82, 2.24) is 0 Å². The molecule has 5 saturated carbocycles. The van der Waals surface area contributed by atoms with E-state index in [1.54, 1.807) is 25.7 Å². The molecule has 10 heavy (non-hydrogen) atoms. The molecule has 0 nitrogen and oxygen atoms in total. The van der Waals surface area contributed by atoms with Gasteiger partial charge in [-0.25, -0.2) is 0 Å². The standard InChI is InChI=1S/C10H14/c1-2-5-7-4-8-9(5)10(8)6(7)3-1/h5-10H,1-4H2/t5-,6+,7?,8?,9?,10?. The summed E-state index contributed by atoms with van der Waals surface area (Å²) in [7, 11) is 0. The SMILES string of the molecule is C1C[C@@H]2C3C4CC2[C@@H](C1)C43. The van der Waals surface area contributed by atoms with Gasteiger partial charge >= 0.3 is 0 Å². The summed E-state index contributed by atoms with van der Waals surface area (Å²) >= 11 is 0. The zero-order valence-corrected chi connectivity index (χ0v) is 6.29. The molecule has 6 bridgehead atoms. The molecule has 0 saturated heterocycles. The first-order valence-electron chi connectivity index (χ1n) is 4.97.